The lowest BCUT2D eigenvalue weighted by Crippen LogP contribution is -2.32. The van der Waals surface area contributed by atoms with Gasteiger partial charge in [-0.15, -0.1) is 0 Å². The molecule has 2 N–H and O–H groups in total. The van der Waals surface area contributed by atoms with Gasteiger partial charge in [0.15, 0.2) is 6.61 Å². The number of esters is 1. The summed E-state index contributed by atoms with van der Waals surface area (Å²) in [6.07, 6.45) is 0. The molecule has 0 atom stereocenters. The van der Waals surface area contributed by atoms with Crippen LogP contribution in [0.3, 0.4) is 0 Å². The molecule has 0 aliphatic rings. The predicted octanol–water partition coefficient (Wildman–Crippen LogP) is 3.51. The summed E-state index contributed by atoms with van der Waals surface area (Å²) in [7, 11) is 0. The Labute approximate surface area is 173 Å². The molecule has 0 unspecified atom stereocenters. The van der Waals surface area contributed by atoms with E-state index >= 15 is 0 Å². The van der Waals surface area contributed by atoms with Crippen molar-refractivity contribution >= 4 is 46.7 Å². The van der Waals surface area contributed by atoms with E-state index in [1.807, 2.05) is 0 Å². The minimum atomic E-state index is -2.95. The van der Waals surface area contributed by atoms with Crippen molar-refractivity contribution in [2.24, 2.45) is 0 Å². The number of anilines is 1. The van der Waals surface area contributed by atoms with E-state index in [9.17, 15) is 23.2 Å². The molecule has 0 spiro atoms. The van der Waals surface area contributed by atoms with Crippen molar-refractivity contribution in [1.29, 1.82) is 0 Å². The Morgan fingerprint density at radius 2 is 1.72 bits per heavy atom. The number of hydrogen-bond donors (Lipinski definition) is 2. The largest absolute Gasteiger partial charge is 0.454 e. The summed E-state index contributed by atoms with van der Waals surface area (Å²) in [5.74, 6) is -2.19. The van der Waals surface area contributed by atoms with Crippen LogP contribution in [0.15, 0.2) is 42.5 Å². The number of benzene rings is 2. The molecule has 0 saturated carbocycles. The lowest BCUT2D eigenvalue weighted by atomic mass is 10.2. The second-order valence-corrected chi connectivity index (χ2v) is 6.26. The molecular formula is C18H14Cl2F2N2O5. The summed E-state index contributed by atoms with van der Waals surface area (Å²) in [6.45, 7) is -4.04. The average Bonchev–Trinajstić information content (AvgIpc) is 2.65. The molecule has 2 amide bonds. The van der Waals surface area contributed by atoms with E-state index in [0.717, 1.165) is 0 Å². The lowest BCUT2D eigenvalue weighted by Gasteiger charge is -2.09. The van der Waals surface area contributed by atoms with Crippen LogP contribution in [0.25, 0.3) is 0 Å². The number of carbonyl (C=O) groups is 3. The van der Waals surface area contributed by atoms with E-state index in [-0.39, 0.29) is 16.3 Å². The second-order valence-electron chi connectivity index (χ2n) is 5.42. The highest BCUT2D eigenvalue weighted by molar-refractivity contribution is 6.36. The average molecular weight is 447 g/mol. The van der Waals surface area contributed by atoms with Crippen LogP contribution in [0, 0.1) is 0 Å². The molecule has 0 bridgehead atoms. The second kappa shape index (κ2) is 10.6. The van der Waals surface area contributed by atoms with Crippen molar-refractivity contribution in [3.05, 3.63) is 58.1 Å². The van der Waals surface area contributed by atoms with Crippen molar-refractivity contribution in [2.75, 3.05) is 18.5 Å². The zero-order chi connectivity index (χ0) is 21.4. The van der Waals surface area contributed by atoms with Gasteiger partial charge in [0, 0.05) is 10.7 Å². The van der Waals surface area contributed by atoms with E-state index in [1.54, 1.807) is 0 Å². The standard InChI is InChI=1S/C18H14Cl2F2N2O5/c19-10-1-6-13(14(20)7-10)17(27)23-8-16(26)28-9-15(25)24-11-2-4-12(5-3-11)29-18(21)22/h1-7,18H,8-9H2,(H,23,27)(H,24,25). The molecule has 0 saturated heterocycles. The number of hydrogen-bond acceptors (Lipinski definition) is 5. The Hall–Kier alpha value is -2.91. The van der Waals surface area contributed by atoms with Gasteiger partial charge in [-0.25, -0.2) is 0 Å². The highest BCUT2D eigenvalue weighted by Crippen LogP contribution is 2.20. The number of ether oxygens (including phenoxy) is 2. The van der Waals surface area contributed by atoms with Gasteiger partial charge < -0.3 is 20.1 Å². The highest BCUT2D eigenvalue weighted by Gasteiger charge is 2.14. The number of rotatable bonds is 8. The van der Waals surface area contributed by atoms with Crippen molar-refractivity contribution in [2.45, 2.75) is 6.61 Å². The van der Waals surface area contributed by atoms with E-state index < -0.39 is 37.5 Å². The fourth-order valence-electron chi connectivity index (χ4n) is 2.04. The van der Waals surface area contributed by atoms with Crippen molar-refractivity contribution in [3.63, 3.8) is 0 Å². The number of alkyl halides is 2. The van der Waals surface area contributed by atoms with Gasteiger partial charge in [-0.1, -0.05) is 23.2 Å². The Kier molecular flexibility index (Phi) is 8.17. The van der Waals surface area contributed by atoms with E-state index in [4.69, 9.17) is 27.9 Å². The first-order chi connectivity index (χ1) is 13.7. The molecule has 29 heavy (non-hydrogen) atoms. The molecule has 0 fully saturated rings. The molecule has 0 heterocycles. The van der Waals surface area contributed by atoms with Gasteiger partial charge >= 0.3 is 12.6 Å². The summed E-state index contributed by atoms with van der Waals surface area (Å²) in [5, 5.41) is 5.18. The van der Waals surface area contributed by atoms with Crippen LogP contribution >= 0.6 is 23.2 Å². The molecule has 0 aliphatic heterocycles. The highest BCUT2D eigenvalue weighted by atomic mass is 35.5. The first-order valence-corrected chi connectivity index (χ1v) is 8.74. The maximum absolute atomic E-state index is 12.1. The Bertz CT molecular complexity index is 894. The minimum Gasteiger partial charge on any atom is -0.454 e. The van der Waals surface area contributed by atoms with Gasteiger partial charge in [0.05, 0.1) is 10.6 Å². The molecule has 0 aromatic heterocycles. The zero-order valence-corrected chi connectivity index (χ0v) is 16.1. The van der Waals surface area contributed by atoms with Gasteiger partial charge in [0.2, 0.25) is 0 Å². The van der Waals surface area contributed by atoms with Crippen LogP contribution in [0.4, 0.5) is 14.5 Å². The summed E-state index contributed by atoms with van der Waals surface area (Å²) in [5.41, 5.74) is 0.416. The molecule has 0 radical (unpaired) electrons. The van der Waals surface area contributed by atoms with Gasteiger partial charge in [-0.2, -0.15) is 8.78 Å². The van der Waals surface area contributed by atoms with Crippen LogP contribution in [-0.4, -0.2) is 37.5 Å². The quantitative estimate of drug-likeness (QED) is 0.605. The van der Waals surface area contributed by atoms with Gasteiger partial charge in [0.25, 0.3) is 11.8 Å². The van der Waals surface area contributed by atoms with E-state index in [1.165, 1.54) is 42.5 Å². The summed E-state index contributed by atoms with van der Waals surface area (Å²) in [6, 6.07) is 9.41. The van der Waals surface area contributed by atoms with Crippen LogP contribution in [0.2, 0.25) is 10.0 Å². The molecule has 154 valence electrons. The molecule has 2 aromatic rings. The normalized spacial score (nSPS) is 10.4. The first-order valence-electron chi connectivity index (χ1n) is 7.98. The third-order valence-electron chi connectivity index (χ3n) is 3.30. The van der Waals surface area contributed by atoms with Crippen molar-refractivity contribution < 1.29 is 32.6 Å². The zero-order valence-electron chi connectivity index (χ0n) is 14.6. The third-order valence-corrected chi connectivity index (χ3v) is 3.84. The maximum atomic E-state index is 12.1. The first kappa shape index (κ1) is 22.4. The van der Waals surface area contributed by atoms with Crippen LogP contribution < -0.4 is 15.4 Å². The summed E-state index contributed by atoms with van der Waals surface area (Å²) in [4.78, 5) is 35.4. The maximum Gasteiger partial charge on any atom is 0.387 e. The minimum absolute atomic E-state index is 0.0686. The molecule has 11 heteroatoms. The van der Waals surface area contributed by atoms with E-state index in [0.29, 0.717) is 10.7 Å². The molecule has 2 aromatic carbocycles. The molecule has 2 rings (SSSR count). The Morgan fingerprint density at radius 1 is 1.03 bits per heavy atom. The van der Waals surface area contributed by atoms with E-state index in [2.05, 4.69) is 15.4 Å². The topological polar surface area (TPSA) is 93.7 Å². The third kappa shape index (κ3) is 7.55. The fraction of sp³-hybridized carbons (Fsp3) is 0.167. The number of carbonyl (C=O) groups excluding carboxylic acids is 3. The van der Waals surface area contributed by atoms with Gasteiger partial charge in [0.1, 0.15) is 12.3 Å². The van der Waals surface area contributed by atoms with Crippen LogP contribution in [0.1, 0.15) is 10.4 Å². The van der Waals surface area contributed by atoms with Crippen LogP contribution in [0.5, 0.6) is 5.75 Å². The Balaban J connectivity index is 1.74. The van der Waals surface area contributed by atoms with Gasteiger partial charge in [-0.3, -0.25) is 14.4 Å². The number of nitrogens with one attached hydrogen (secondary N) is 2. The summed E-state index contributed by atoms with van der Waals surface area (Å²) < 4.78 is 33.1. The molecular weight excluding hydrogens is 433 g/mol. The Morgan fingerprint density at radius 3 is 2.34 bits per heavy atom. The SMILES string of the molecule is O=C(COC(=O)CNC(=O)c1ccc(Cl)cc1Cl)Nc1ccc(OC(F)F)cc1. The predicted molar refractivity (Wildman–Crippen MR) is 101 cm³/mol. The summed E-state index contributed by atoms with van der Waals surface area (Å²) >= 11 is 11.6. The van der Waals surface area contributed by atoms with Crippen molar-refractivity contribution in [3.8, 4) is 5.75 Å². The molecule has 0 aliphatic carbocycles. The van der Waals surface area contributed by atoms with Crippen LogP contribution in [-0.2, 0) is 14.3 Å². The molecule has 7 nitrogen and oxygen atoms in total. The fourth-order valence-corrected chi connectivity index (χ4v) is 2.53. The van der Waals surface area contributed by atoms with Gasteiger partial charge in [-0.05, 0) is 42.5 Å². The monoisotopic (exact) mass is 446 g/mol. The number of amides is 2. The lowest BCUT2D eigenvalue weighted by molar-refractivity contribution is -0.146. The number of halogens is 4. The van der Waals surface area contributed by atoms with Crippen molar-refractivity contribution in [1.82, 2.24) is 5.32 Å². The smallest absolute Gasteiger partial charge is 0.387 e.